The van der Waals surface area contributed by atoms with Gasteiger partial charge in [0, 0.05) is 30.4 Å². The molecule has 0 aromatic carbocycles. The summed E-state index contributed by atoms with van der Waals surface area (Å²) in [5.41, 5.74) is 3.92. The molecule has 6 nitrogen and oxygen atoms in total. The van der Waals surface area contributed by atoms with Gasteiger partial charge in [-0.05, 0) is 6.92 Å². The fourth-order valence-electron chi connectivity index (χ4n) is 2.03. The van der Waals surface area contributed by atoms with Gasteiger partial charge in [-0.25, -0.2) is 19.9 Å². The van der Waals surface area contributed by atoms with Crippen molar-refractivity contribution in [3.8, 4) is 17.4 Å². The molecule has 0 spiro atoms. The van der Waals surface area contributed by atoms with Crippen molar-refractivity contribution in [3.05, 3.63) is 29.3 Å². The van der Waals surface area contributed by atoms with Gasteiger partial charge in [0.05, 0.1) is 12.8 Å². The predicted octanol–water partition coefficient (Wildman–Crippen LogP) is 0.854. The van der Waals surface area contributed by atoms with Crippen molar-refractivity contribution >= 4 is 0 Å². The van der Waals surface area contributed by atoms with E-state index in [1.807, 2.05) is 6.92 Å². The van der Waals surface area contributed by atoms with E-state index in [1.165, 1.54) is 11.9 Å². The van der Waals surface area contributed by atoms with Gasteiger partial charge in [-0.15, -0.1) is 0 Å². The van der Waals surface area contributed by atoms with Gasteiger partial charge in [-0.1, -0.05) is 0 Å². The molecule has 0 unspecified atom stereocenters. The topological polar surface area (TPSA) is 72.8 Å². The molecule has 0 radical (unpaired) electrons. The summed E-state index contributed by atoms with van der Waals surface area (Å²) < 4.78 is 5.08. The summed E-state index contributed by atoms with van der Waals surface area (Å²) in [4.78, 5) is 17.2. The summed E-state index contributed by atoms with van der Waals surface area (Å²) >= 11 is 0. The summed E-state index contributed by atoms with van der Waals surface area (Å²) in [6.45, 7) is 3.62. The van der Waals surface area contributed by atoms with E-state index in [9.17, 15) is 0 Å². The molecule has 0 fully saturated rings. The van der Waals surface area contributed by atoms with Crippen molar-refractivity contribution in [2.75, 3.05) is 7.11 Å². The molecule has 2 aromatic rings. The number of methoxy groups -OCH3 is 1. The highest BCUT2D eigenvalue weighted by atomic mass is 16.5. The Morgan fingerprint density at radius 3 is 2.94 bits per heavy atom. The second kappa shape index (κ2) is 4.30. The summed E-state index contributed by atoms with van der Waals surface area (Å²) in [5, 5.41) is 3.27. The predicted molar refractivity (Wildman–Crippen MR) is 64.9 cm³/mol. The van der Waals surface area contributed by atoms with Gasteiger partial charge < -0.3 is 10.1 Å². The summed E-state index contributed by atoms with van der Waals surface area (Å²) in [7, 11) is 1.57. The van der Waals surface area contributed by atoms with Gasteiger partial charge in [-0.2, -0.15) is 0 Å². The zero-order valence-electron chi connectivity index (χ0n) is 10.3. The van der Waals surface area contributed by atoms with Crippen LogP contribution >= 0.6 is 0 Å². The van der Waals surface area contributed by atoms with Crippen LogP contribution in [0.2, 0.25) is 0 Å². The Kier molecular flexibility index (Phi) is 2.64. The molecular weight excluding hydrogens is 230 g/mol. The number of rotatable bonds is 2. The number of nitrogens with one attached hydrogen (secondary N) is 1. The first-order valence-electron chi connectivity index (χ1n) is 5.71. The maximum atomic E-state index is 5.08. The average molecular weight is 243 g/mol. The monoisotopic (exact) mass is 243 g/mol. The lowest BCUT2D eigenvalue weighted by molar-refractivity contribution is 0.397. The summed E-state index contributed by atoms with van der Waals surface area (Å²) in [6, 6.07) is 1.74. The molecule has 0 saturated heterocycles. The van der Waals surface area contributed by atoms with E-state index >= 15 is 0 Å². The summed E-state index contributed by atoms with van der Waals surface area (Å²) in [6.07, 6.45) is 1.46. The van der Waals surface area contributed by atoms with Crippen LogP contribution in [0.15, 0.2) is 12.4 Å². The van der Waals surface area contributed by atoms with Gasteiger partial charge in [0.2, 0.25) is 5.88 Å². The first-order valence-corrected chi connectivity index (χ1v) is 5.71. The van der Waals surface area contributed by atoms with Gasteiger partial charge in [0.1, 0.15) is 12.0 Å². The van der Waals surface area contributed by atoms with E-state index in [-0.39, 0.29) is 0 Å². The minimum absolute atomic E-state index is 0.514. The van der Waals surface area contributed by atoms with Crippen LogP contribution in [-0.2, 0) is 13.1 Å². The molecule has 18 heavy (non-hydrogen) atoms. The Morgan fingerprint density at radius 1 is 1.22 bits per heavy atom. The number of hydrogen-bond acceptors (Lipinski definition) is 6. The van der Waals surface area contributed by atoms with Crippen LogP contribution < -0.4 is 10.1 Å². The van der Waals surface area contributed by atoms with E-state index in [0.717, 1.165) is 24.5 Å². The van der Waals surface area contributed by atoms with E-state index in [4.69, 9.17) is 4.74 Å². The molecule has 6 heteroatoms. The molecule has 1 aliphatic heterocycles. The third kappa shape index (κ3) is 1.80. The van der Waals surface area contributed by atoms with Crippen LogP contribution in [0.5, 0.6) is 5.88 Å². The SMILES string of the molecule is COc1cc(-c2nc(C)c3c(n2)CNC3)ncn1. The third-order valence-corrected chi connectivity index (χ3v) is 2.97. The molecule has 1 aliphatic rings. The van der Waals surface area contributed by atoms with Gasteiger partial charge in [-0.3, -0.25) is 0 Å². The van der Waals surface area contributed by atoms with Gasteiger partial charge in [0.25, 0.3) is 0 Å². The Morgan fingerprint density at radius 2 is 2.11 bits per heavy atom. The van der Waals surface area contributed by atoms with Crippen molar-refractivity contribution in [3.63, 3.8) is 0 Å². The van der Waals surface area contributed by atoms with Crippen molar-refractivity contribution < 1.29 is 4.74 Å². The molecule has 0 amide bonds. The van der Waals surface area contributed by atoms with Crippen LogP contribution in [-0.4, -0.2) is 27.0 Å². The molecule has 1 N–H and O–H groups in total. The highest BCUT2D eigenvalue weighted by Gasteiger charge is 2.17. The molecular formula is C12H13N5O. The number of ether oxygens (including phenoxy) is 1. The molecule has 0 atom stereocenters. The first-order chi connectivity index (χ1) is 8.78. The van der Waals surface area contributed by atoms with E-state index in [1.54, 1.807) is 13.2 Å². The van der Waals surface area contributed by atoms with Gasteiger partial charge in [0.15, 0.2) is 5.82 Å². The zero-order valence-corrected chi connectivity index (χ0v) is 10.3. The highest BCUT2D eigenvalue weighted by Crippen LogP contribution is 2.21. The smallest absolute Gasteiger partial charge is 0.216 e. The van der Waals surface area contributed by atoms with Crippen molar-refractivity contribution in [1.82, 2.24) is 25.3 Å². The van der Waals surface area contributed by atoms with Crippen LogP contribution in [0.3, 0.4) is 0 Å². The number of aromatic nitrogens is 4. The second-order valence-electron chi connectivity index (χ2n) is 4.11. The Balaban J connectivity index is 2.09. The molecule has 0 bridgehead atoms. The molecule has 0 saturated carbocycles. The van der Waals surface area contributed by atoms with Gasteiger partial charge >= 0.3 is 0 Å². The lowest BCUT2D eigenvalue weighted by atomic mass is 10.2. The van der Waals surface area contributed by atoms with Crippen LogP contribution in [0, 0.1) is 6.92 Å². The van der Waals surface area contributed by atoms with E-state index in [2.05, 4.69) is 25.3 Å². The van der Waals surface area contributed by atoms with E-state index < -0.39 is 0 Å². The average Bonchev–Trinajstić information content (AvgIpc) is 2.87. The lowest BCUT2D eigenvalue weighted by Crippen LogP contribution is -2.01. The minimum Gasteiger partial charge on any atom is -0.481 e. The van der Waals surface area contributed by atoms with Crippen molar-refractivity contribution in [2.24, 2.45) is 0 Å². The second-order valence-corrected chi connectivity index (χ2v) is 4.11. The number of hydrogen-bond donors (Lipinski definition) is 1. The zero-order chi connectivity index (χ0) is 12.5. The Labute approximate surface area is 104 Å². The standard InChI is InChI=1S/C12H13N5O/c1-7-8-4-13-5-10(8)17-12(16-7)9-3-11(18-2)15-6-14-9/h3,6,13H,4-5H2,1-2H3. The maximum absolute atomic E-state index is 5.08. The number of aryl methyl sites for hydroxylation is 1. The highest BCUT2D eigenvalue weighted by molar-refractivity contribution is 5.52. The lowest BCUT2D eigenvalue weighted by Gasteiger charge is -2.06. The molecule has 2 aromatic heterocycles. The van der Waals surface area contributed by atoms with Crippen molar-refractivity contribution in [2.45, 2.75) is 20.0 Å². The molecule has 3 heterocycles. The fourth-order valence-corrected chi connectivity index (χ4v) is 2.03. The van der Waals surface area contributed by atoms with Crippen LogP contribution in [0.1, 0.15) is 17.0 Å². The quantitative estimate of drug-likeness (QED) is 0.843. The minimum atomic E-state index is 0.514. The molecule has 3 rings (SSSR count). The summed E-state index contributed by atoms with van der Waals surface area (Å²) in [5.74, 6) is 1.13. The van der Waals surface area contributed by atoms with Crippen LogP contribution in [0.25, 0.3) is 11.5 Å². The van der Waals surface area contributed by atoms with E-state index in [0.29, 0.717) is 17.4 Å². The molecule has 0 aliphatic carbocycles. The molecule has 92 valence electrons. The maximum Gasteiger partial charge on any atom is 0.216 e. The fraction of sp³-hybridized carbons (Fsp3) is 0.333. The normalized spacial score (nSPS) is 13.4. The number of nitrogens with zero attached hydrogens (tertiary/aromatic N) is 4. The third-order valence-electron chi connectivity index (χ3n) is 2.97. The largest absolute Gasteiger partial charge is 0.481 e. The number of fused-ring (bicyclic) bond motifs is 1. The Bertz CT molecular complexity index is 599. The van der Waals surface area contributed by atoms with Crippen molar-refractivity contribution in [1.29, 1.82) is 0 Å². The first kappa shape index (κ1) is 11.0. The Hall–Kier alpha value is -2.08. The van der Waals surface area contributed by atoms with Crippen LogP contribution in [0.4, 0.5) is 0 Å².